The molecule has 0 atom stereocenters. The van der Waals surface area contributed by atoms with Crippen molar-refractivity contribution in [3.8, 4) is 5.69 Å². The lowest BCUT2D eigenvalue weighted by Gasteiger charge is -2.20. The van der Waals surface area contributed by atoms with Gasteiger partial charge < -0.3 is 0 Å². The summed E-state index contributed by atoms with van der Waals surface area (Å²) >= 11 is 5.31. The molecule has 0 spiro atoms. The average molecular weight is 286 g/mol. The van der Waals surface area contributed by atoms with Gasteiger partial charge >= 0.3 is 5.69 Å². The Morgan fingerprint density at radius 3 is 2.60 bits per heavy atom. The van der Waals surface area contributed by atoms with E-state index in [9.17, 15) is 4.79 Å². The van der Waals surface area contributed by atoms with Gasteiger partial charge in [0.25, 0.3) is 0 Å². The van der Waals surface area contributed by atoms with E-state index in [1.165, 1.54) is 5.56 Å². The van der Waals surface area contributed by atoms with Crippen molar-refractivity contribution in [3.05, 3.63) is 56.2 Å². The highest BCUT2D eigenvalue weighted by Gasteiger charge is 2.17. The van der Waals surface area contributed by atoms with Crippen LogP contribution < -0.4 is 5.69 Å². The first-order chi connectivity index (χ1) is 9.70. The van der Waals surface area contributed by atoms with E-state index in [-0.39, 0.29) is 5.69 Å². The zero-order chi connectivity index (χ0) is 14.1. The van der Waals surface area contributed by atoms with Crippen LogP contribution in [0.5, 0.6) is 0 Å². The molecule has 0 aliphatic heterocycles. The lowest BCUT2D eigenvalue weighted by Crippen LogP contribution is -2.28. The molecule has 1 heterocycles. The minimum atomic E-state index is -0.125. The van der Waals surface area contributed by atoms with E-state index in [2.05, 4.69) is 24.0 Å². The minimum absolute atomic E-state index is 0.125. The SMILES string of the molecule is CCc1ccc(-n2c3c(c(=S)[nH]c2=O)CCCC3)cc1. The second kappa shape index (κ2) is 5.37. The number of rotatable bonds is 2. The van der Waals surface area contributed by atoms with Crippen molar-refractivity contribution in [2.45, 2.75) is 39.0 Å². The molecule has 3 rings (SSSR count). The van der Waals surface area contributed by atoms with Crippen molar-refractivity contribution in [1.82, 2.24) is 9.55 Å². The molecule has 0 saturated carbocycles. The molecular formula is C16H18N2OS. The van der Waals surface area contributed by atoms with Gasteiger partial charge in [-0.2, -0.15) is 0 Å². The Labute approximate surface area is 123 Å². The molecule has 0 saturated heterocycles. The van der Waals surface area contributed by atoms with Crippen LogP contribution in [0.2, 0.25) is 0 Å². The van der Waals surface area contributed by atoms with E-state index >= 15 is 0 Å². The predicted octanol–water partition coefficient (Wildman–Crippen LogP) is 3.34. The Balaban J connectivity index is 2.22. The van der Waals surface area contributed by atoms with Gasteiger partial charge in [0.2, 0.25) is 0 Å². The second-order valence-electron chi connectivity index (χ2n) is 5.25. The molecule has 0 bridgehead atoms. The standard InChI is InChI=1S/C16H18N2OS/c1-2-11-7-9-12(10-8-11)18-14-6-4-3-5-13(14)15(20)17-16(18)19/h7-10H,2-6H2,1H3,(H,17,19,20). The lowest BCUT2D eigenvalue weighted by atomic mass is 9.97. The van der Waals surface area contributed by atoms with Crippen LogP contribution in [-0.2, 0) is 19.3 Å². The number of benzene rings is 1. The minimum Gasteiger partial charge on any atom is -0.298 e. The number of fused-ring (bicyclic) bond motifs is 1. The molecule has 104 valence electrons. The van der Waals surface area contributed by atoms with E-state index in [1.807, 2.05) is 12.1 Å². The predicted molar refractivity (Wildman–Crippen MR) is 83.2 cm³/mol. The Morgan fingerprint density at radius 2 is 1.90 bits per heavy atom. The van der Waals surface area contributed by atoms with Crippen LogP contribution in [0, 0.1) is 4.64 Å². The Bertz CT molecular complexity index is 741. The third-order valence-electron chi connectivity index (χ3n) is 4.01. The van der Waals surface area contributed by atoms with E-state index in [4.69, 9.17) is 12.2 Å². The van der Waals surface area contributed by atoms with Gasteiger partial charge in [-0.3, -0.25) is 9.55 Å². The second-order valence-corrected chi connectivity index (χ2v) is 5.66. The number of aromatic nitrogens is 2. The van der Waals surface area contributed by atoms with Gasteiger partial charge in [0.1, 0.15) is 4.64 Å². The summed E-state index contributed by atoms with van der Waals surface area (Å²) in [5.74, 6) is 0. The van der Waals surface area contributed by atoms with Gasteiger partial charge in [-0.25, -0.2) is 4.79 Å². The van der Waals surface area contributed by atoms with Crippen molar-refractivity contribution < 1.29 is 0 Å². The molecule has 1 aliphatic rings. The van der Waals surface area contributed by atoms with Crippen LogP contribution >= 0.6 is 12.2 Å². The number of nitrogens with one attached hydrogen (secondary N) is 1. The van der Waals surface area contributed by atoms with Crippen molar-refractivity contribution in [2.75, 3.05) is 0 Å². The summed E-state index contributed by atoms with van der Waals surface area (Å²) in [6, 6.07) is 8.20. The summed E-state index contributed by atoms with van der Waals surface area (Å²) in [6.07, 6.45) is 5.18. The summed E-state index contributed by atoms with van der Waals surface area (Å²) < 4.78 is 2.41. The van der Waals surface area contributed by atoms with Gasteiger partial charge in [-0.1, -0.05) is 31.3 Å². The highest BCUT2D eigenvalue weighted by atomic mass is 32.1. The van der Waals surface area contributed by atoms with Crippen LogP contribution in [0.1, 0.15) is 36.6 Å². The van der Waals surface area contributed by atoms with Gasteiger partial charge in [0, 0.05) is 11.3 Å². The molecular weight excluding hydrogens is 268 g/mol. The lowest BCUT2D eigenvalue weighted by molar-refractivity contribution is 0.631. The highest BCUT2D eigenvalue weighted by Crippen LogP contribution is 2.22. The fourth-order valence-electron chi connectivity index (χ4n) is 2.89. The molecule has 1 aromatic carbocycles. The first kappa shape index (κ1) is 13.3. The van der Waals surface area contributed by atoms with Crippen LogP contribution in [0.25, 0.3) is 5.69 Å². The largest absolute Gasteiger partial charge is 0.331 e. The normalized spacial score (nSPS) is 14.1. The molecule has 0 amide bonds. The number of nitrogens with zero attached hydrogens (tertiary/aromatic N) is 1. The van der Waals surface area contributed by atoms with Crippen molar-refractivity contribution >= 4 is 12.2 Å². The third-order valence-corrected chi connectivity index (χ3v) is 4.36. The van der Waals surface area contributed by atoms with E-state index in [1.54, 1.807) is 4.57 Å². The fourth-order valence-corrected chi connectivity index (χ4v) is 3.19. The number of hydrogen-bond acceptors (Lipinski definition) is 2. The average Bonchev–Trinajstić information content (AvgIpc) is 2.48. The quantitative estimate of drug-likeness (QED) is 0.860. The molecule has 1 aromatic heterocycles. The smallest absolute Gasteiger partial charge is 0.298 e. The van der Waals surface area contributed by atoms with E-state index in [0.717, 1.165) is 49.0 Å². The summed E-state index contributed by atoms with van der Waals surface area (Å²) in [5.41, 5.74) is 4.32. The van der Waals surface area contributed by atoms with Gasteiger partial charge in [-0.05, 0) is 49.8 Å². The topological polar surface area (TPSA) is 37.8 Å². The number of aryl methyl sites for hydroxylation is 1. The van der Waals surface area contributed by atoms with Crippen molar-refractivity contribution in [2.24, 2.45) is 0 Å². The molecule has 20 heavy (non-hydrogen) atoms. The molecule has 1 N–H and O–H groups in total. The first-order valence-corrected chi connectivity index (χ1v) is 7.58. The molecule has 3 nitrogen and oxygen atoms in total. The van der Waals surface area contributed by atoms with Gasteiger partial charge in [0.15, 0.2) is 0 Å². The Morgan fingerprint density at radius 1 is 1.20 bits per heavy atom. The van der Waals surface area contributed by atoms with Crippen molar-refractivity contribution in [1.29, 1.82) is 0 Å². The van der Waals surface area contributed by atoms with E-state index < -0.39 is 0 Å². The first-order valence-electron chi connectivity index (χ1n) is 7.17. The van der Waals surface area contributed by atoms with Crippen LogP contribution in [0.15, 0.2) is 29.1 Å². The zero-order valence-corrected chi connectivity index (χ0v) is 12.4. The molecule has 0 fully saturated rings. The van der Waals surface area contributed by atoms with Crippen LogP contribution in [0.3, 0.4) is 0 Å². The molecule has 1 aliphatic carbocycles. The van der Waals surface area contributed by atoms with Crippen molar-refractivity contribution in [3.63, 3.8) is 0 Å². The summed E-state index contributed by atoms with van der Waals surface area (Å²) in [5, 5.41) is 0. The fraction of sp³-hybridized carbons (Fsp3) is 0.375. The molecule has 2 aromatic rings. The van der Waals surface area contributed by atoms with E-state index in [0.29, 0.717) is 4.64 Å². The maximum Gasteiger partial charge on any atom is 0.331 e. The van der Waals surface area contributed by atoms with Crippen LogP contribution in [0.4, 0.5) is 0 Å². The maximum atomic E-state index is 12.3. The number of hydrogen-bond donors (Lipinski definition) is 1. The summed E-state index contributed by atoms with van der Waals surface area (Å²) in [4.78, 5) is 15.1. The molecule has 4 heteroatoms. The highest BCUT2D eigenvalue weighted by molar-refractivity contribution is 7.71. The van der Waals surface area contributed by atoms with Gasteiger partial charge in [-0.15, -0.1) is 0 Å². The monoisotopic (exact) mass is 286 g/mol. The van der Waals surface area contributed by atoms with Crippen LogP contribution in [-0.4, -0.2) is 9.55 Å². The summed E-state index contributed by atoms with van der Waals surface area (Å²) in [7, 11) is 0. The Hall–Kier alpha value is -1.68. The third kappa shape index (κ3) is 2.24. The summed E-state index contributed by atoms with van der Waals surface area (Å²) in [6.45, 7) is 2.13. The number of H-pyrrole nitrogens is 1. The molecule has 0 radical (unpaired) electrons. The molecule has 0 unspecified atom stereocenters. The zero-order valence-electron chi connectivity index (χ0n) is 11.6. The van der Waals surface area contributed by atoms with Gasteiger partial charge in [0.05, 0.1) is 5.69 Å². The maximum absolute atomic E-state index is 12.3. The number of aromatic amines is 1. The Kier molecular flexibility index (Phi) is 3.57.